The maximum absolute atomic E-state index is 12.5. The van der Waals surface area contributed by atoms with Crippen molar-refractivity contribution in [3.63, 3.8) is 0 Å². The van der Waals surface area contributed by atoms with E-state index in [-0.39, 0.29) is 23.4 Å². The second-order valence-corrected chi connectivity index (χ2v) is 9.88. The Morgan fingerprint density at radius 2 is 1.55 bits per heavy atom. The molecule has 0 spiro atoms. The zero-order chi connectivity index (χ0) is 21.6. The average Bonchev–Trinajstić information content (AvgIpc) is 2.67. The summed E-state index contributed by atoms with van der Waals surface area (Å²) in [4.78, 5) is 12.6. The van der Waals surface area contributed by atoms with E-state index in [1.54, 1.807) is 18.2 Å². The molecule has 0 aliphatic carbocycles. The first kappa shape index (κ1) is 23.1. The summed E-state index contributed by atoms with van der Waals surface area (Å²) in [5.41, 5.74) is 2.76. The summed E-state index contributed by atoms with van der Waals surface area (Å²) in [6.45, 7) is 8.70. The first-order valence-corrected chi connectivity index (χ1v) is 11.9. The maximum Gasteiger partial charge on any atom is 0.238 e. The van der Waals surface area contributed by atoms with Gasteiger partial charge in [-0.15, -0.1) is 0 Å². The Hall–Kier alpha value is -2.18. The molecule has 6 heteroatoms. The fourth-order valence-corrected chi connectivity index (χ4v) is 4.14. The maximum atomic E-state index is 12.5. The van der Waals surface area contributed by atoms with Crippen molar-refractivity contribution in [1.29, 1.82) is 0 Å². The van der Waals surface area contributed by atoms with E-state index in [1.807, 2.05) is 0 Å². The molecular weight excluding hydrogens is 384 g/mol. The van der Waals surface area contributed by atoms with E-state index in [0.29, 0.717) is 17.5 Å². The number of carbonyl (C=O) groups excluding carboxylic acids is 1. The summed E-state index contributed by atoms with van der Waals surface area (Å²) < 4.78 is 23.8. The van der Waals surface area contributed by atoms with Crippen LogP contribution in [0.15, 0.2) is 53.4 Å². The highest BCUT2D eigenvalue weighted by Gasteiger charge is 2.18. The van der Waals surface area contributed by atoms with Gasteiger partial charge in [-0.2, -0.15) is 0 Å². The summed E-state index contributed by atoms with van der Waals surface area (Å²) in [5, 5.41) is 6.03. The zero-order valence-electron chi connectivity index (χ0n) is 17.9. The van der Waals surface area contributed by atoms with Crippen molar-refractivity contribution in [2.24, 2.45) is 5.92 Å². The Morgan fingerprint density at radius 1 is 0.966 bits per heavy atom. The smallest absolute Gasteiger partial charge is 0.238 e. The van der Waals surface area contributed by atoms with Gasteiger partial charge in [-0.1, -0.05) is 64.1 Å². The van der Waals surface area contributed by atoms with Crippen LogP contribution in [0.5, 0.6) is 0 Å². The largest absolute Gasteiger partial charge is 0.324 e. The van der Waals surface area contributed by atoms with Gasteiger partial charge in [-0.05, 0) is 41.5 Å². The number of hydrogen-bond acceptors (Lipinski definition) is 4. The molecular formula is C23H32N2O3S. The summed E-state index contributed by atoms with van der Waals surface area (Å²) in [5.74, 6) is 0.540. The lowest BCUT2D eigenvalue weighted by Gasteiger charge is -2.23. The van der Waals surface area contributed by atoms with Gasteiger partial charge in [0.1, 0.15) is 0 Å². The highest BCUT2D eigenvalue weighted by atomic mass is 32.2. The fourth-order valence-electron chi connectivity index (χ4n) is 3.30. The van der Waals surface area contributed by atoms with Crippen LogP contribution in [0.3, 0.4) is 0 Å². The molecule has 0 heterocycles. The summed E-state index contributed by atoms with van der Waals surface area (Å²) in [7, 11) is -3.42. The Morgan fingerprint density at radius 3 is 2.10 bits per heavy atom. The highest BCUT2D eigenvalue weighted by Crippen LogP contribution is 2.25. The third-order valence-corrected chi connectivity index (χ3v) is 6.34. The molecule has 0 aromatic heterocycles. The van der Waals surface area contributed by atoms with Gasteiger partial charge in [0.15, 0.2) is 9.84 Å². The van der Waals surface area contributed by atoms with Crippen LogP contribution in [-0.4, -0.2) is 27.1 Å². The minimum atomic E-state index is -3.42. The van der Waals surface area contributed by atoms with E-state index in [4.69, 9.17) is 0 Å². The van der Waals surface area contributed by atoms with Crippen LogP contribution < -0.4 is 10.6 Å². The van der Waals surface area contributed by atoms with E-state index >= 15 is 0 Å². The molecule has 0 fully saturated rings. The summed E-state index contributed by atoms with van der Waals surface area (Å²) in [6.07, 6.45) is 2.23. The third kappa shape index (κ3) is 6.41. The molecule has 2 N–H and O–H groups in total. The lowest BCUT2D eigenvalue weighted by molar-refractivity contribution is -0.115. The molecule has 29 heavy (non-hydrogen) atoms. The second-order valence-electron chi connectivity index (χ2n) is 7.90. The van der Waals surface area contributed by atoms with Gasteiger partial charge in [0.25, 0.3) is 0 Å². The molecule has 0 aliphatic rings. The van der Waals surface area contributed by atoms with Gasteiger partial charge in [0, 0.05) is 12.3 Å². The first-order valence-electron chi connectivity index (χ1n) is 10.1. The van der Waals surface area contributed by atoms with Crippen LogP contribution in [0.1, 0.15) is 57.2 Å². The SMILES string of the molecule is CC[C@H](C)c1ccc([C@@H](NCC(=O)Nc2ccccc2S(C)(=O)=O)C(C)C)cc1. The van der Waals surface area contributed by atoms with Gasteiger partial charge in [0.2, 0.25) is 5.91 Å². The minimum absolute atomic E-state index is 0.0249. The number of para-hydroxylation sites is 1. The first-order chi connectivity index (χ1) is 13.6. The predicted octanol–water partition coefficient (Wildman–Crippen LogP) is 4.53. The highest BCUT2D eigenvalue weighted by molar-refractivity contribution is 7.90. The van der Waals surface area contributed by atoms with Crippen molar-refractivity contribution in [1.82, 2.24) is 5.32 Å². The van der Waals surface area contributed by atoms with Crippen molar-refractivity contribution in [2.45, 2.75) is 51.0 Å². The van der Waals surface area contributed by atoms with E-state index in [1.165, 1.54) is 11.6 Å². The minimum Gasteiger partial charge on any atom is -0.324 e. The Kier molecular flexibility index (Phi) is 7.99. The van der Waals surface area contributed by atoms with Gasteiger partial charge in [-0.25, -0.2) is 8.42 Å². The number of hydrogen-bond donors (Lipinski definition) is 2. The molecule has 1 amide bonds. The van der Waals surface area contributed by atoms with Crippen LogP contribution in [0, 0.1) is 5.92 Å². The second kappa shape index (κ2) is 10.0. The quantitative estimate of drug-likeness (QED) is 0.630. The van der Waals surface area contributed by atoms with Crippen molar-refractivity contribution in [3.05, 3.63) is 59.7 Å². The van der Waals surface area contributed by atoms with Gasteiger partial charge >= 0.3 is 0 Å². The van der Waals surface area contributed by atoms with Crippen molar-refractivity contribution in [3.8, 4) is 0 Å². The number of rotatable bonds is 9. The van der Waals surface area contributed by atoms with E-state index < -0.39 is 9.84 Å². The Balaban J connectivity index is 2.07. The van der Waals surface area contributed by atoms with Crippen molar-refractivity contribution >= 4 is 21.4 Å². The number of amides is 1. The predicted molar refractivity (Wildman–Crippen MR) is 119 cm³/mol. The number of sulfone groups is 1. The van der Waals surface area contributed by atoms with Crippen molar-refractivity contribution in [2.75, 3.05) is 18.1 Å². The monoisotopic (exact) mass is 416 g/mol. The normalized spacial score (nSPS) is 13.9. The van der Waals surface area contributed by atoms with E-state index in [2.05, 4.69) is 62.6 Å². The van der Waals surface area contributed by atoms with E-state index in [0.717, 1.165) is 18.2 Å². The average molecular weight is 417 g/mol. The molecule has 2 aromatic rings. The molecule has 2 aromatic carbocycles. The molecule has 0 saturated heterocycles. The summed E-state index contributed by atoms with van der Waals surface area (Å²) >= 11 is 0. The van der Waals surface area contributed by atoms with Crippen LogP contribution in [0.4, 0.5) is 5.69 Å². The van der Waals surface area contributed by atoms with Crippen LogP contribution in [-0.2, 0) is 14.6 Å². The standard InChI is InChI=1S/C23H32N2O3S/c1-6-17(4)18-11-13-19(14-12-18)23(16(2)3)24-15-22(26)25-20-9-7-8-10-21(20)29(5,27)28/h7-14,16-17,23-24H,6,15H2,1-5H3,(H,25,26)/t17-,23-/m0/s1. The number of benzene rings is 2. The molecule has 2 atom stereocenters. The van der Waals surface area contributed by atoms with Crippen LogP contribution in [0.2, 0.25) is 0 Å². The molecule has 0 aliphatic heterocycles. The molecule has 2 rings (SSSR count). The fraction of sp³-hybridized carbons (Fsp3) is 0.435. The van der Waals surface area contributed by atoms with Gasteiger partial charge < -0.3 is 10.6 Å². The summed E-state index contributed by atoms with van der Waals surface area (Å²) in [6, 6.07) is 15.0. The molecule has 5 nitrogen and oxygen atoms in total. The lowest BCUT2D eigenvalue weighted by Crippen LogP contribution is -2.33. The van der Waals surface area contributed by atoms with Gasteiger partial charge in [0.05, 0.1) is 17.1 Å². The molecule has 0 radical (unpaired) electrons. The van der Waals surface area contributed by atoms with Gasteiger partial charge in [-0.3, -0.25) is 4.79 Å². The Labute approximate surface area is 174 Å². The lowest BCUT2D eigenvalue weighted by atomic mass is 9.92. The molecule has 158 valence electrons. The third-order valence-electron chi connectivity index (χ3n) is 5.19. The van der Waals surface area contributed by atoms with Crippen LogP contribution in [0.25, 0.3) is 0 Å². The number of nitrogens with one attached hydrogen (secondary N) is 2. The van der Waals surface area contributed by atoms with E-state index in [9.17, 15) is 13.2 Å². The molecule has 0 unspecified atom stereocenters. The topological polar surface area (TPSA) is 75.3 Å². The van der Waals surface area contributed by atoms with Crippen LogP contribution >= 0.6 is 0 Å². The molecule has 0 saturated carbocycles. The number of anilines is 1. The molecule has 0 bridgehead atoms. The van der Waals surface area contributed by atoms with Crippen molar-refractivity contribution < 1.29 is 13.2 Å². The Bertz CT molecular complexity index is 921. The number of carbonyl (C=O) groups is 1. The zero-order valence-corrected chi connectivity index (χ0v) is 18.7.